The molecule has 0 rings (SSSR count). The minimum absolute atomic E-state index is 0. The largest absolute Gasteiger partial charge is 1.00 e. The number of rotatable bonds is 17. The predicted octanol–water partition coefficient (Wildman–Crippen LogP) is 3.92. The minimum Gasteiger partial charge on any atom is -1.00 e. The van der Waals surface area contributed by atoms with E-state index in [-0.39, 0.29) is 28.0 Å². The maximum absolute atomic E-state index is 14.0. The molecule has 0 heterocycles. The van der Waals surface area contributed by atoms with Crippen LogP contribution in [-0.4, -0.2) is 93.6 Å². The molecule has 0 bridgehead atoms. The van der Waals surface area contributed by atoms with Gasteiger partial charge in [0, 0.05) is 13.0 Å². The summed E-state index contributed by atoms with van der Waals surface area (Å²) in [5.74, 6) is -51.6. The van der Waals surface area contributed by atoms with Gasteiger partial charge in [-0.05, 0) is 12.8 Å². The molecular formula is C19H26BrF17N2O2S. The molecule has 0 aliphatic heterocycles. The average molecular weight is 749 g/mol. The van der Waals surface area contributed by atoms with E-state index in [4.69, 9.17) is 0 Å². The maximum Gasteiger partial charge on any atom is 0.460 e. The van der Waals surface area contributed by atoms with E-state index in [1.165, 1.54) is 0 Å². The van der Waals surface area contributed by atoms with Gasteiger partial charge in [0.15, 0.2) is 0 Å². The number of hydrogen-bond donors (Lipinski definition) is 1. The molecule has 0 spiro atoms. The number of hydrogen-bond acceptors (Lipinski definition) is 2. The van der Waals surface area contributed by atoms with Crippen molar-refractivity contribution in [2.24, 2.45) is 0 Å². The summed E-state index contributed by atoms with van der Waals surface area (Å²) in [5, 5.41) is -7.53. The molecule has 0 amide bonds. The van der Waals surface area contributed by atoms with Gasteiger partial charge in [-0.2, -0.15) is 74.6 Å². The van der Waals surface area contributed by atoms with Gasteiger partial charge in [0.1, 0.15) is 0 Å². The lowest BCUT2D eigenvalue weighted by atomic mass is 9.91. The van der Waals surface area contributed by atoms with Gasteiger partial charge in [-0.15, -0.1) is 0 Å². The Morgan fingerprint density at radius 3 is 1.29 bits per heavy atom. The maximum atomic E-state index is 14.0. The highest BCUT2D eigenvalue weighted by Gasteiger charge is 2.96. The third kappa shape index (κ3) is 7.51. The Balaban J connectivity index is 0. The first-order chi connectivity index (χ1) is 17.8. The second-order valence-corrected chi connectivity index (χ2v) is 11.5. The fraction of sp³-hybridized carbons (Fsp3) is 1.00. The predicted molar refractivity (Wildman–Crippen MR) is 108 cm³/mol. The van der Waals surface area contributed by atoms with Gasteiger partial charge >= 0.3 is 47.0 Å². The third-order valence-corrected chi connectivity index (χ3v) is 7.40. The highest BCUT2D eigenvalue weighted by atomic mass is 79.9. The zero-order valence-electron chi connectivity index (χ0n) is 21.6. The van der Waals surface area contributed by atoms with Gasteiger partial charge in [0.05, 0.1) is 27.2 Å². The van der Waals surface area contributed by atoms with Gasteiger partial charge in [-0.25, -0.2) is 13.1 Å². The zero-order chi connectivity index (χ0) is 33.4. The van der Waals surface area contributed by atoms with Crippen LogP contribution in [0.2, 0.25) is 0 Å². The number of quaternary nitrogens is 1. The smallest absolute Gasteiger partial charge is 0.460 e. The molecule has 0 aliphatic carbocycles. The zero-order valence-corrected chi connectivity index (χ0v) is 24.0. The van der Waals surface area contributed by atoms with Crippen LogP contribution in [0.5, 0.6) is 0 Å². The fourth-order valence-corrected chi connectivity index (χ4v) is 4.26. The molecule has 42 heavy (non-hydrogen) atoms. The van der Waals surface area contributed by atoms with Crippen molar-refractivity contribution in [3.05, 3.63) is 0 Å². The molecule has 0 aromatic rings. The van der Waals surface area contributed by atoms with Gasteiger partial charge in [0.25, 0.3) is 10.0 Å². The molecule has 0 aliphatic rings. The van der Waals surface area contributed by atoms with Crippen molar-refractivity contribution in [1.29, 1.82) is 0 Å². The minimum atomic E-state index is -8.83. The molecule has 4 nitrogen and oxygen atoms in total. The standard InChI is InChI=1S/C19H26F17N2O2S.BrH/c1-4-5-6-7-10-38(2,3)11-8-9-37-41(39,40)19(35,36)17(30,31)15(26,27)13(22,23)12(20,21)14(24,25)16(28,29)18(32,33)34;/h37H,4-11H2,1-3H3;1H/q+1;/p-1. The second-order valence-electron chi connectivity index (χ2n) is 9.66. The lowest BCUT2D eigenvalue weighted by Crippen LogP contribution is -3.00. The van der Waals surface area contributed by atoms with Crippen LogP contribution in [0.15, 0.2) is 0 Å². The van der Waals surface area contributed by atoms with Crippen LogP contribution >= 0.6 is 0 Å². The Morgan fingerprint density at radius 2 is 0.905 bits per heavy atom. The first kappa shape index (κ1) is 43.3. The Hall–Kier alpha value is -0.840. The molecule has 0 unspecified atom stereocenters. The Kier molecular flexibility index (Phi) is 13.7. The SMILES string of the molecule is CCCCCC[N+](C)(C)CCCNS(=O)(=O)C(F)(F)C(F)(F)C(F)(F)C(F)(F)C(F)(F)C(F)(F)C(F)(F)C(F)(F)F.[Br-]. The molecule has 0 saturated heterocycles. The normalized spacial score (nSPS) is 15.5. The summed E-state index contributed by atoms with van der Waals surface area (Å²) < 4.78 is 250. The number of nitrogens with one attached hydrogen (secondary N) is 1. The molecule has 0 atom stereocenters. The lowest BCUT2D eigenvalue weighted by Gasteiger charge is -2.42. The van der Waals surface area contributed by atoms with Gasteiger partial charge in [0.2, 0.25) is 0 Å². The van der Waals surface area contributed by atoms with Gasteiger partial charge in [-0.1, -0.05) is 19.8 Å². The molecule has 0 fully saturated rings. The van der Waals surface area contributed by atoms with Crippen LogP contribution in [0.4, 0.5) is 74.6 Å². The number of unbranched alkanes of at least 4 members (excludes halogenated alkanes) is 3. The molecule has 0 radical (unpaired) electrons. The van der Waals surface area contributed by atoms with Crippen molar-refractivity contribution in [3.63, 3.8) is 0 Å². The number of nitrogens with zero attached hydrogens (tertiary/aromatic N) is 1. The van der Waals surface area contributed by atoms with E-state index in [2.05, 4.69) is 0 Å². The Labute approximate surface area is 239 Å². The molecule has 0 aromatic heterocycles. The van der Waals surface area contributed by atoms with E-state index < -0.39 is 70.0 Å². The van der Waals surface area contributed by atoms with Crippen molar-refractivity contribution in [2.75, 3.05) is 33.7 Å². The molecule has 0 saturated carbocycles. The van der Waals surface area contributed by atoms with E-state index >= 15 is 0 Å². The topological polar surface area (TPSA) is 46.2 Å². The van der Waals surface area contributed by atoms with Crippen LogP contribution < -0.4 is 21.7 Å². The first-order valence-corrected chi connectivity index (χ1v) is 12.8. The van der Waals surface area contributed by atoms with E-state index in [0.717, 1.165) is 19.3 Å². The van der Waals surface area contributed by atoms with Crippen LogP contribution in [0, 0.1) is 0 Å². The molecule has 23 heteroatoms. The number of halogens is 18. The highest BCUT2D eigenvalue weighted by Crippen LogP contribution is 2.64. The quantitative estimate of drug-likeness (QED) is 0.139. The Morgan fingerprint density at radius 1 is 0.548 bits per heavy atom. The van der Waals surface area contributed by atoms with E-state index in [1.54, 1.807) is 14.1 Å². The van der Waals surface area contributed by atoms with Crippen molar-refractivity contribution < 1.29 is 105 Å². The van der Waals surface area contributed by atoms with Gasteiger partial charge in [-0.3, -0.25) is 0 Å². The summed E-state index contributed by atoms with van der Waals surface area (Å²) >= 11 is 0. The van der Waals surface area contributed by atoms with Crippen molar-refractivity contribution in [3.8, 4) is 0 Å². The summed E-state index contributed by atoms with van der Waals surface area (Å²) in [6.07, 6.45) is -5.23. The van der Waals surface area contributed by atoms with Crippen LogP contribution in [0.3, 0.4) is 0 Å². The highest BCUT2D eigenvalue weighted by molar-refractivity contribution is 7.90. The Bertz CT molecular complexity index is 985. The monoisotopic (exact) mass is 748 g/mol. The molecule has 0 aromatic carbocycles. The summed E-state index contributed by atoms with van der Waals surface area (Å²) in [7, 11) is -4.13. The first-order valence-electron chi connectivity index (χ1n) is 11.3. The molecule has 256 valence electrons. The van der Waals surface area contributed by atoms with Crippen molar-refractivity contribution in [1.82, 2.24) is 4.72 Å². The molecular weight excluding hydrogens is 723 g/mol. The number of sulfonamides is 1. The fourth-order valence-electron chi connectivity index (χ4n) is 3.20. The van der Waals surface area contributed by atoms with Crippen LogP contribution in [0.1, 0.15) is 39.0 Å². The lowest BCUT2D eigenvalue weighted by molar-refractivity contribution is -0.890. The molecule has 1 N–H and O–H groups in total. The van der Waals surface area contributed by atoms with Crippen molar-refractivity contribution in [2.45, 2.75) is 86.0 Å². The second kappa shape index (κ2) is 13.3. The summed E-state index contributed by atoms with van der Waals surface area (Å²) in [6.45, 7) is 1.02. The van der Waals surface area contributed by atoms with E-state index in [9.17, 15) is 83.1 Å². The average Bonchev–Trinajstić information content (AvgIpc) is 2.78. The summed E-state index contributed by atoms with van der Waals surface area (Å²) in [5.41, 5.74) is 0. The number of alkyl halides is 17. The van der Waals surface area contributed by atoms with Crippen LogP contribution in [0.25, 0.3) is 0 Å². The van der Waals surface area contributed by atoms with Crippen LogP contribution in [-0.2, 0) is 10.0 Å². The van der Waals surface area contributed by atoms with E-state index in [0.29, 0.717) is 17.7 Å². The summed E-state index contributed by atoms with van der Waals surface area (Å²) in [6, 6.07) is 0. The third-order valence-electron chi connectivity index (χ3n) is 5.88. The van der Waals surface area contributed by atoms with Crippen molar-refractivity contribution >= 4 is 10.0 Å². The van der Waals surface area contributed by atoms with E-state index in [1.807, 2.05) is 6.92 Å². The summed E-state index contributed by atoms with van der Waals surface area (Å²) in [4.78, 5) is 0. The van der Waals surface area contributed by atoms with Gasteiger partial charge < -0.3 is 21.5 Å².